The Bertz CT molecular complexity index is 178. The summed E-state index contributed by atoms with van der Waals surface area (Å²) in [6.45, 7) is 0.668. The number of hydrogen-bond donors (Lipinski definition) is 1. The number of carboxylic acid groups (broad SMARTS) is 1. The second-order valence-corrected chi connectivity index (χ2v) is 3.45. The van der Waals surface area contributed by atoms with Crippen molar-refractivity contribution in [3.05, 3.63) is 0 Å². The van der Waals surface area contributed by atoms with Crippen LogP contribution < -0.4 is 0 Å². The van der Waals surface area contributed by atoms with E-state index in [1.54, 1.807) is 0 Å². The Morgan fingerprint density at radius 3 is 3.00 bits per heavy atom. The summed E-state index contributed by atoms with van der Waals surface area (Å²) in [5.41, 5.74) is 0. The Kier molecular flexibility index (Phi) is 1.60. The third-order valence-corrected chi connectivity index (χ3v) is 2.84. The molecule has 2 fully saturated rings. The fraction of sp³-hybridized carbons (Fsp3) is 0.875. The van der Waals surface area contributed by atoms with Crippen LogP contribution in [0.5, 0.6) is 0 Å². The topological polar surface area (TPSA) is 46.5 Å². The number of carbonyl (C=O) groups is 1. The summed E-state index contributed by atoms with van der Waals surface area (Å²) in [6, 6.07) is 0. The minimum absolute atomic E-state index is 0.312. The summed E-state index contributed by atoms with van der Waals surface area (Å²) in [6.07, 6.45) is 2.89. The Morgan fingerprint density at radius 1 is 1.45 bits per heavy atom. The summed E-state index contributed by atoms with van der Waals surface area (Å²) < 4.78 is 5.18. The Morgan fingerprint density at radius 2 is 2.27 bits per heavy atom. The van der Waals surface area contributed by atoms with Gasteiger partial charge >= 0.3 is 5.97 Å². The molecule has 0 aromatic carbocycles. The SMILES string of the molecule is O=C(O)[C@@H]1OC[C@@H]2CCC[C@H]21. The molecule has 3 heteroatoms. The van der Waals surface area contributed by atoms with Gasteiger partial charge in [0, 0.05) is 5.92 Å². The summed E-state index contributed by atoms with van der Waals surface area (Å²) in [7, 11) is 0. The molecule has 0 unspecified atom stereocenters. The van der Waals surface area contributed by atoms with Crippen LogP contribution in [0.1, 0.15) is 19.3 Å². The smallest absolute Gasteiger partial charge is 0.333 e. The third kappa shape index (κ3) is 1.03. The van der Waals surface area contributed by atoms with Gasteiger partial charge in [0.1, 0.15) is 0 Å². The lowest BCUT2D eigenvalue weighted by Crippen LogP contribution is -2.26. The quantitative estimate of drug-likeness (QED) is 0.613. The van der Waals surface area contributed by atoms with E-state index in [2.05, 4.69) is 0 Å². The summed E-state index contributed by atoms with van der Waals surface area (Å²) in [4.78, 5) is 10.6. The van der Waals surface area contributed by atoms with Gasteiger partial charge in [-0.15, -0.1) is 0 Å². The molecule has 0 bridgehead atoms. The zero-order chi connectivity index (χ0) is 7.84. The van der Waals surface area contributed by atoms with E-state index in [0.717, 1.165) is 12.8 Å². The second kappa shape index (κ2) is 2.48. The molecule has 3 atom stereocenters. The highest BCUT2D eigenvalue weighted by atomic mass is 16.5. The van der Waals surface area contributed by atoms with Crippen molar-refractivity contribution in [3.8, 4) is 0 Å². The van der Waals surface area contributed by atoms with E-state index in [-0.39, 0.29) is 0 Å². The molecular formula is C8H12O3. The van der Waals surface area contributed by atoms with Crippen molar-refractivity contribution in [2.24, 2.45) is 11.8 Å². The van der Waals surface area contributed by atoms with Gasteiger partial charge in [-0.25, -0.2) is 4.79 Å². The first kappa shape index (κ1) is 7.10. The maximum Gasteiger partial charge on any atom is 0.333 e. The molecule has 0 aromatic rings. The Labute approximate surface area is 65.4 Å². The molecule has 0 amide bonds. The molecule has 1 saturated heterocycles. The monoisotopic (exact) mass is 156 g/mol. The lowest BCUT2D eigenvalue weighted by molar-refractivity contribution is -0.149. The number of carboxylic acids is 1. The van der Waals surface area contributed by atoms with E-state index in [1.807, 2.05) is 0 Å². The zero-order valence-electron chi connectivity index (χ0n) is 6.32. The fourth-order valence-corrected chi connectivity index (χ4v) is 2.28. The van der Waals surface area contributed by atoms with E-state index < -0.39 is 12.1 Å². The lowest BCUT2D eigenvalue weighted by Gasteiger charge is -2.10. The minimum atomic E-state index is -0.778. The van der Waals surface area contributed by atoms with Gasteiger partial charge in [0.25, 0.3) is 0 Å². The first-order valence-corrected chi connectivity index (χ1v) is 4.13. The average molecular weight is 156 g/mol. The van der Waals surface area contributed by atoms with Gasteiger partial charge in [0.15, 0.2) is 6.10 Å². The maximum absolute atomic E-state index is 10.6. The molecule has 3 nitrogen and oxygen atoms in total. The number of rotatable bonds is 1. The lowest BCUT2D eigenvalue weighted by atomic mass is 9.95. The van der Waals surface area contributed by atoms with Crippen LogP contribution in [0, 0.1) is 11.8 Å². The van der Waals surface area contributed by atoms with Crippen LogP contribution in [-0.4, -0.2) is 23.8 Å². The molecule has 0 aromatic heterocycles. The predicted octanol–water partition coefficient (Wildman–Crippen LogP) is 0.886. The summed E-state index contributed by atoms with van der Waals surface area (Å²) in [5.74, 6) is 0.0722. The van der Waals surface area contributed by atoms with E-state index in [1.165, 1.54) is 6.42 Å². The molecule has 1 N–H and O–H groups in total. The number of fused-ring (bicyclic) bond motifs is 1. The number of ether oxygens (including phenoxy) is 1. The molecule has 2 aliphatic rings. The van der Waals surface area contributed by atoms with Crippen LogP contribution in [0.25, 0.3) is 0 Å². The van der Waals surface area contributed by atoms with Crippen LogP contribution in [0.15, 0.2) is 0 Å². The van der Waals surface area contributed by atoms with Gasteiger partial charge in [-0.1, -0.05) is 6.42 Å². The molecule has 2 rings (SSSR count). The van der Waals surface area contributed by atoms with Crippen molar-refractivity contribution in [2.75, 3.05) is 6.61 Å². The fourth-order valence-electron chi connectivity index (χ4n) is 2.28. The van der Waals surface area contributed by atoms with Crippen molar-refractivity contribution < 1.29 is 14.6 Å². The average Bonchev–Trinajstić information content (AvgIpc) is 2.41. The molecule has 62 valence electrons. The Hall–Kier alpha value is -0.570. The van der Waals surface area contributed by atoms with E-state index in [0.29, 0.717) is 18.4 Å². The highest BCUT2D eigenvalue weighted by Gasteiger charge is 2.43. The van der Waals surface area contributed by atoms with Crippen LogP contribution in [0.4, 0.5) is 0 Å². The second-order valence-electron chi connectivity index (χ2n) is 3.45. The van der Waals surface area contributed by atoms with Gasteiger partial charge in [-0.05, 0) is 18.8 Å². The minimum Gasteiger partial charge on any atom is -0.479 e. The largest absolute Gasteiger partial charge is 0.479 e. The molecule has 11 heavy (non-hydrogen) atoms. The third-order valence-electron chi connectivity index (χ3n) is 2.84. The normalized spacial score (nSPS) is 42.4. The summed E-state index contributed by atoms with van der Waals surface area (Å²) >= 11 is 0. The van der Waals surface area contributed by atoms with Gasteiger partial charge in [-0.3, -0.25) is 0 Å². The van der Waals surface area contributed by atoms with Crippen molar-refractivity contribution in [3.63, 3.8) is 0 Å². The predicted molar refractivity (Wildman–Crippen MR) is 38.2 cm³/mol. The number of hydrogen-bond acceptors (Lipinski definition) is 2. The van der Waals surface area contributed by atoms with E-state index in [9.17, 15) is 4.79 Å². The highest BCUT2D eigenvalue weighted by Crippen LogP contribution is 2.40. The molecule has 1 aliphatic carbocycles. The first-order valence-electron chi connectivity index (χ1n) is 4.13. The Balaban J connectivity index is 2.08. The molecule has 1 saturated carbocycles. The van der Waals surface area contributed by atoms with Crippen molar-refractivity contribution in [1.82, 2.24) is 0 Å². The van der Waals surface area contributed by atoms with Crippen LogP contribution >= 0.6 is 0 Å². The molecule has 1 aliphatic heterocycles. The van der Waals surface area contributed by atoms with Crippen molar-refractivity contribution in [2.45, 2.75) is 25.4 Å². The van der Waals surface area contributed by atoms with E-state index >= 15 is 0 Å². The van der Waals surface area contributed by atoms with E-state index in [4.69, 9.17) is 9.84 Å². The highest BCUT2D eigenvalue weighted by molar-refractivity contribution is 5.73. The zero-order valence-corrected chi connectivity index (χ0v) is 6.32. The molecular weight excluding hydrogens is 144 g/mol. The molecule has 0 spiro atoms. The maximum atomic E-state index is 10.6. The number of aliphatic carboxylic acids is 1. The van der Waals surface area contributed by atoms with Gasteiger partial charge in [0.2, 0.25) is 0 Å². The van der Waals surface area contributed by atoms with Crippen molar-refractivity contribution >= 4 is 5.97 Å². The van der Waals surface area contributed by atoms with Gasteiger partial charge in [0.05, 0.1) is 6.61 Å². The molecule has 1 heterocycles. The molecule has 0 radical (unpaired) electrons. The van der Waals surface area contributed by atoms with Crippen molar-refractivity contribution in [1.29, 1.82) is 0 Å². The first-order chi connectivity index (χ1) is 5.29. The van der Waals surface area contributed by atoms with Gasteiger partial charge < -0.3 is 9.84 Å². The summed E-state index contributed by atoms with van der Waals surface area (Å²) in [5, 5.41) is 8.74. The standard InChI is InChI=1S/C8H12O3/c9-8(10)7-6-3-1-2-5(6)4-11-7/h5-7H,1-4H2,(H,9,10)/t5-,6+,7+/m0/s1. The van der Waals surface area contributed by atoms with Gasteiger partial charge in [-0.2, -0.15) is 0 Å². The van der Waals surface area contributed by atoms with Crippen LogP contribution in [0.2, 0.25) is 0 Å². The van der Waals surface area contributed by atoms with Crippen LogP contribution in [0.3, 0.4) is 0 Å². The van der Waals surface area contributed by atoms with Crippen LogP contribution in [-0.2, 0) is 9.53 Å².